The van der Waals surface area contributed by atoms with Gasteiger partial charge < -0.3 is 10.5 Å². The Hall–Kier alpha value is -0.730. The lowest BCUT2D eigenvalue weighted by Crippen LogP contribution is -2.38. The molecule has 2 aliphatic rings. The first-order chi connectivity index (χ1) is 9.75. The van der Waals surface area contributed by atoms with E-state index in [2.05, 4.69) is 20.8 Å². The van der Waals surface area contributed by atoms with E-state index in [1.54, 1.807) is 0 Å². The Morgan fingerprint density at radius 1 is 1.33 bits per heavy atom. The number of halogens is 1. The fourth-order valence-electron chi connectivity index (χ4n) is 4.42. The molecule has 3 heteroatoms. The van der Waals surface area contributed by atoms with Gasteiger partial charge in [-0.05, 0) is 55.2 Å². The second kappa shape index (κ2) is 4.89. The number of fused-ring (bicyclic) bond motifs is 2. The first-order valence-corrected chi connectivity index (χ1v) is 8.35. The largest absolute Gasteiger partial charge is 0.490 e. The fraction of sp³-hybridized carbons (Fsp3) is 0.667. The summed E-state index contributed by atoms with van der Waals surface area (Å²) < 4.78 is 6.34. The molecule has 2 nitrogen and oxygen atoms in total. The maximum atomic E-state index is 6.34. The van der Waals surface area contributed by atoms with E-state index in [4.69, 9.17) is 22.1 Å². The molecule has 1 aromatic rings. The Morgan fingerprint density at radius 2 is 2.05 bits per heavy atom. The molecule has 0 radical (unpaired) electrons. The average Bonchev–Trinajstić information content (AvgIpc) is 2.71. The molecular formula is C18H26ClNO. The first-order valence-electron chi connectivity index (χ1n) is 7.97. The van der Waals surface area contributed by atoms with Crippen molar-refractivity contribution < 1.29 is 4.74 Å². The molecule has 0 saturated heterocycles. The molecule has 3 rings (SSSR count). The van der Waals surface area contributed by atoms with Crippen LogP contribution >= 0.6 is 11.6 Å². The molecule has 0 amide bonds. The van der Waals surface area contributed by atoms with Gasteiger partial charge in [-0.2, -0.15) is 0 Å². The Labute approximate surface area is 133 Å². The maximum Gasteiger partial charge on any atom is 0.121 e. The number of hydrogen-bond donors (Lipinski definition) is 1. The molecule has 0 aromatic heterocycles. The van der Waals surface area contributed by atoms with E-state index in [1.807, 2.05) is 25.1 Å². The lowest BCUT2D eigenvalue weighted by molar-refractivity contribution is 0.0302. The molecule has 2 saturated carbocycles. The van der Waals surface area contributed by atoms with Crippen LogP contribution < -0.4 is 10.5 Å². The molecule has 2 N–H and O–H groups in total. The van der Waals surface area contributed by atoms with Crippen LogP contribution in [0.4, 0.5) is 0 Å². The van der Waals surface area contributed by atoms with Crippen LogP contribution in [0.15, 0.2) is 18.2 Å². The smallest absolute Gasteiger partial charge is 0.121 e. The predicted octanol–water partition coefficient (Wildman–Crippen LogP) is 4.95. The van der Waals surface area contributed by atoms with E-state index in [0.717, 1.165) is 23.7 Å². The third-order valence-electron chi connectivity index (χ3n) is 6.45. The summed E-state index contributed by atoms with van der Waals surface area (Å²) in [7, 11) is 0. The van der Waals surface area contributed by atoms with Crippen LogP contribution in [0, 0.1) is 16.7 Å². The summed E-state index contributed by atoms with van der Waals surface area (Å²) in [6.07, 6.45) is 4.06. The van der Waals surface area contributed by atoms with Crippen molar-refractivity contribution in [2.24, 2.45) is 22.5 Å². The third-order valence-corrected chi connectivity index (χ3v) is 6.78. The van der Waals surface area contributed by atoms with E-state index < -0.39 is 0 Å². The van der Waals surface area contributed by atoms with Crippen molar-refractivity contribution in [2.45, 2.75) is 59.1 Å². The van der Waals surface area contributed by atoms with Crippen LogP contribution in [-0.2, 0) is 0 Å². The maximum absolute atomic E-state index is 6.34. The molecule has 2 fully saturated rings. The monoisotopic (exact) mass is 307 g/mol. The van der Waals surface area contributed by atoms with E-state index >= 15 is 0 Å². The summed E-state index contributed by atoms with van der Waals surface area (Å²) in [4.78, 5) is 0. The summed E-state index contributed by atoms with van der Waals surface area (Å²) in [5.41, 5.74) is 7.52. The van der Waals surface area contributed by atoms with Crippen molar-refractivity contribution in [3.8, 4) is 5.75 Å². The van der Waals surface area contributed by atoms with Gasteiger partial charge in [0, 0.05) is 16.5 Å². The zero-order chi connectivity index (χ0) is 15.4. The molecule has 116 valence electrons. The molecule has 2 bridgehead atoms. The highest BCUT2D eigenvalue weighted by Crippen LogP contribution is 2.66. The highest BCUT2D eigenvalue weighted by molar-refractivity contribution is 6.31. The zero-order valence-corrected chi connectivity index (χ0v) is 14.2. The fourth-order valence-corrected chi connectivity index (χ4v) is 4.77. The van der Waals surface area contributed by atoms with Crippen molar-refractivity contribution in [3.05, 3.63) is 28.8 Å². The van der Waals surface area contributed by atoms with Gasteiger partial charge in [-0.15, -0.1) is 0 Å². The highest BCUT2D eigenvalue weighted by Gasteiger charge is 2.62. The number of hydrogen-bond acceptors (Lipinski definition) is 2. The van der Waals surface area contributed by atoms with E-state index in [1.165, 1.54) is 12.8 Å². The van der Waals surface area contributed by atoms with Gasteiger partial charge >= 0.3 is 0 Å². The predicted molar refractivity (Wildman–Crippen MR) is 87.7 cm³/mol. The van der Waals surface area contributed by atoms with Crippen LogP contribution in [-0.4, -0.2) is 6.10 Å². The second-order valence-corrected chi connectivity index (χ2v) is 8.10. The van der Waals surface area contributed by atoms with Gasteiger partial charge in [0.25, 0.3) is 0 Å². The highest BCUT2D eigenvalue weighted by atomic mass is 35.5. The molecule has 0 heterocycles. The van der Waals surface area contributed by atoms with Crippen molar-refractivity contribution in [1.29, 1.82) is 0 Å². The summed E-state index contributed by atoms with van der Waals surface area (Å²) in [6, 6.07) is 5.86. The Kier molecular flexibility index (Phi) is 3.53. The lowest BCUT2D eigenvalue weighted by atomic mass is 9.70. The minimum atomic E-state index is -0.0505. The summed E-state index contributed by atoms with van der Waals surface area (Å²) >= 11 is 6.32. The first kappa shape index (κ1) is 15.2. The van der Waals surface area contributed by atoms with Crippen LogP contribution in [0.5, 0.6) is 5.75 Å². The van der Waals surface area contributed by atoms with E-state index in [-0.39, 0.29) is 11.5 Å². The van der Waals surface area contributed by atoms with Crippen molar-refractivity contribution >= 4 is 11.6 Å². The number of rotatable bonds is 3. The van der Waals surface area contributed by atoms with Crippen LogP contribution in [0.25, 0.3) is 0 Å². The van der Waals surface area contributed by atoms with Gasteiger partial charge in [-0.3, -0.25) is 0 Å². The number of ether oxygens (including phenoxy) is 1. The second-order valence-electron chi connectivity index (χ2n) is 7.69. The number of nitrogens with two attached hydrogens (primary N) is 1. The summed E-state index contributed by atoms with van der Waals surface area (Å²) in [5.74, 6) is 1.66. The topological polar surface area (TPSA) is 35.2 Å². The molecule has 21 heavy (non-hydrogen) atoms. The lowest BCUT2D eigenvalue weighted by Gasteiger charge is -2.39. The molecular weight excluding hydrogens is 282 g/mol. The van der Waals surface area contributed by atoms with Gasteiger partial charge in [0.2, 0.25) is 0 Å². The quantitative estimate of drug-likeness (QED) is 0.857. The average molecular weight is 308 g/mol. The van der Waals surface area contributed by atoms with Crippen LogP contribution in [0.1, 0.15) is 58.6 Å². The standard InChI is InChI=1S/C18H26ClNO/c1-11(20)14-6-5-13(10-15(14)19)21-16-9-12-7-8-18(16,4)17(12,2)3/h5-6,10-12,16H,7-9,20H2,1-4H3. The molecule has 4 atom stereocenters. The van der Waals surface area contributed by atoms with Crippen molar-refractivity contribution in [3.63, 3.8) is 0 Å². The van der Waals surface area contributed by atoms with Gasteiger partial charge in [-0.1, -0.05) is 38.4 Å². The molecule has 0 spiro atoms. The van der Waals surface area contributed by atoms with Gasteiger partial charge in [0.05, 0.1) is 0 Å². The SMILES string of the molecule is CC(N)c1ccc(OC2CC3CCC2(C)C3(C)C)cc1Cl. The van der Waals surface area contributed by atoms with Crippen LogP contribution in [0.3, 0.4) is 0 Å². The number of benzene rings is 1. The molecule has 1 aromatic carbocycles. The molecule has 0 aliphatic heterocycles. The summed E-state index contributed by atoms with van der Waals surface area (Å²) in [6.45, 7) is 9.14. The minimum Gasteiger partial charge on any atom is -0.490 e. The minimum absolute atomic E-state index is 0.0505. The van der Waals surface area contributed by atoms with Crippen LogP contribution in [0.2, 0.25) is 5.02 Å². The Bertz CT molecular complexity index is 554. The zero-order valence-electron chi connectivity index (χ0n) is 13.4. The van der Waals surface area contributed by atoms with Gasteiger partial charge in [-0.25, -0.2) is 0 Å². The Balaban J connectivity index is 1.81. The van der Waals surface area contributed by atoms with Gasteiger partial charge in [0.15, 0.2) is 0 Å². The van der Waals surface area contributed by atoms with Crippen molar-refractivity contribution in [2.75, 3.05) is 0 Å². The normalized spacial score (nSPS) is 35.0. The molecule has 4 unspecified atom stereocenters. The van der Waals surface area contributed by atoms with Gasteiger partial charge in [0.1, 0.15) is 11.9 Å². The summed E-state index contributed by atoms with van der Waals surface area (Å²) in [5, 5.41) is 0.704. The van der Waals surface area contributed by atoms with Crippen molar-refractivity contribution in [1.82, 2.24) is 0 Å². The Morgan fingerprint density at radius 3 is 2.52 bits per heavy atom. The van der Waals surface area contributed by atoms with E-state index in [9.17, 15) is 0 Å². The molecule has 2 aliphatic carbocycles. The van der Waals surface area contributed by atoms with E-state index in [0.29, 0.717) is 16.5 Å². The third kappa shape index (κ3) is 2.19.